The minimum Gasteiger partial charge on any atom is -0.465 e. The molecule has 2 aliphatic rings. The normalized spacial score (nSPS) is 22.4. The Morgan fingerprint density at radius 1 is 1.24 bits per heavy atom. The summed E-state index contributed by atoms with van der Waals surface area (Å²) in [5.74, 6) is 0. The molecule has 1 aliphatic heterocycles. The van der Waals surface area contributed by atoms with Crippen LogP contribution in [-0.4, -0.2) is 53.2 Å². The maximum Gasteiger partial charge on any atom is 0.407 e. The first-order chi connectivity index (χ1) is 10.2. The maximum atomic E-state index is 10.9. The first-order valence-electron chi connectivity index (χ1n) is 7.41. The van der Waals surface area contributed by atoms with Gasteiger partial charge in [0.1, 0.15) is 0 Å². The highest BCUT2D eigenvalue weighted by Gasteiger charge is 2.28. The first-order valence-corrected chi connectivity index (χ1v) is 7.41. The third kappa shape index (κ3) is 2.86. The summed E-state index contributed by atoms with van der Waals surface area (Å²) in [6, 6.07) is 8.67. The predicted octanol–water partition coefficient (Wildman–Crippen LogP) is 1.71. The average Bonchev–Trinajstić information content (AvgIpc) is 2.54. The Labute approximate surface area is 124 Å². The molecule has 0 radical (unpaired) electrons. The van der Waals surface area contributed by atoms with Gasteiger partial charge in [-0.3, -0.25) is 4.90 Å². The van der Waals surface area contributed by atoms with Gasteiger partial charge in [-0.25, -0.2) is 4.79 Å². The summed E-state index contributed by atoms with van der Waals surface area (Å²) in [5, 5.41) is 17.9. The third-order valence-electron chi connectivity index (χ3n) is 4.64. The second kappa shape index (κ2) is 5.74. The Morgan fingerprint density at radius 2 is 2.00 bits per heavy atom. The SMILES string of the molecule is N#Cc1ccc2c(c1)CCC(N1CCN(C(=O)O)CC1)C2. The summed E-state index contributed by atoms with van der Waals surface area (Å²) in [4.78, 5) is 14.9. The zero-order valence-electron chi connectivity index (χ0n) is 12.0. The molecule has 110 valence electrons. The number of hydrogen-bond acceptors (Lipinski definition) is 3. The van der Waals surface area contributed by atoms with Crippen LogP contribution in [0.2, 0.25) is 0 Å². The van der Waals surface area contributed by atoms with E-state index in [2.05, 4.69) is 17.0 Å². The van der Waals surface area contributed by atoms with Crippen LogP contribution in [0.1, 0.15) is 23.1 Å². The fraction of sp³-hybridized carbons (Fsp3) is 0.500. The summed E-state index contributed by atoms with van der Waals surface area (Å²) in [6.45, 7) is 2.85. The van der Waals surface area contributed by atoms with E-state index < -0.39 is 6.09 Å². The van der Waals surface area contributed by atoms with Crippen molar-refractivity contribution >= 4 is 6.09 Å². The summed E-state index contributed by atoms with van der Waals surface area (Å²) < 4.78 is 0. The topological polar surface area (TPSA) is 67.6 Å². The van der Waals surface area contributed by atoms with Crippen molar-refractivity contribution in [1.82, 2.24) is 9.80 Å². The fourth-order valence-corrected chi connectivity index (χ4v) is 3.40. The zero-order valence-corrected chi connectivity index (χ0v) is 12.0. The largest absolute Gasteiger partial charge is 0.465 e. The molecule has 1 aromatic rings. The minimum absolute atomic E-state index is 0.501. The lowest BCUT2D eigenvalue weighted by Gasteiger charge is -2.40. The quantitative estimate of drug-likeness (QED) is 0.853. The monoisotopic (exact) mass is 285 g/mol. The molecule has 0 aromatic heterocycles. The van der Waals surface area contributed by atoms with Crippen LogP contribution in [0.25, 0.3) is 0 Å². The van der Waals surface area contributed by atoms with Crippen molar-refractivity contribution in [1.29, 1.82) is 5.26 Å². The highest BCUT2D eigenvalue weighted by Crippen LogP contribution is 2.26. The number of aryl methyl sites for hydroxylation is 1. The third-order valence-corrected chi connectivity index (χ3v) is 4.64. The van der Waals surface area contributed by atoms with Crippen molar-refractivity contribution in [3.63, 3.8) is 0 Å². The highest BCUT2D eigenvalue weighted by atomic mass is 16.4. The molecule has 0 bridgehead atoms. The molecule has 21 heavy (non-hydrogen) atoms. The van der Waals surface area contributed by atoms with Crippen LogP contribution >= 0.6 is 0 Å². The molecule has 1 unspecified atom stereocenters. The van der Waals surface area contributed by atoms with E-state index in [0.717, 1.165) is 37.9 Å². The molecule has 1 aliphatic carbocycles. The Bertz CT molecular complexity index is 586. The van der Waals surface area contributed by atoms with Gasteiger partial charge in [-0.1, -0.05) is 6.07 Å². The predicted molar refractivity (Wildman–Crippen MR) is 78.1 cm³/mol. The van der Waals surface area contributed by atoms with E-state index in [-0.39, 0.29) is 0 Å². The zero-order chi connectivity index (χ0) is 14.8. The fourth-order valence-electron chi connectivity index (χ4n) is 3.40. The maximum absolute atomic E-state index is 10.9. The standard InChI is InChI=1S/C16H19N3O2/c17-11-12-1-2-14-10-15(4-3-13(14)9-12)18-5-7-19(8-6-18)16(20)21/h1-2,9,15H,3-8,10H2,(H,20,21). The lowest BCUT2D eigenvalue weighted by atomic mass is 9.86. The van der Waals surface area contributed by atoms with Gasteiger partial charge in [0.05, 0.1) is 11.6 Å². The molecule has 1 N–H and O–H groups in total. The molecule has 1 amide bonds. The van der Waals surface area contributed by atoms with Gasteiger partial charge in [-0.15, -0.1) is 0 Å². The number of hydrogen-bond donors (Lipinski definition) is 1. The summed E-state index contributed by atoms with van der Waals surface area (Å²) >= 11 is 0. The van der Waals surface area contributed by atoms with Crippen molar-refractivity contribution in [3.8, 4) is 6.07 Å². The summed E-state index contributed by atoms with van der Waals surface area (Å²) in [7, 11) is 0. The van der Waals surface area contributed by atoms with E-state index in [4.69, 9.17) is 10.4 Å². The minimum atomic E-state index is -0.812. The van der Waals surface area contributed by atoms with Crippen LogP contribution in [0.3, 0.4) is 0 Å². The van der Waals surface area contributed by atoms with E-state index in [1.165, 1.54) is 16.0 Å². The molecule has 5 nitrogen and oxygen atoms in total. The number of benzene rings is 1. The number of fused-ring (bicyclic) bond motifs is 1. The number of nitriles is 1. The van der Waals surface area contributed by atoms with Gasteiger partial charge in [0.25, 0.3) is 0 Å². The molecule has 1 heterocycles. The Kier molecular flexibility index (Phi) is 3.80. The van der Waals surface area contributed by atoms with Crippen LogP contribution in [-0.2, 0) is 12.8 Å². The number of carbonyl (C=O) groups is 1. The molecule has 0 saturated carbocycles. The van der Waals surface area contributed by atoms with Crippen LogP contribution in [0.4, 0.5) is 4.79 Å². The first kappa shape index (κ1) is 13.9. The molecule has 1 fully saturated rings. The number of rotatable bonds is 1. The van der Waals surface area contributed by atoms with Gasteiger partial charge in [0, 0.05) is 32.2 Å². The van der Waals surface area contributed by atoms with Crippen LogP contribution in [0.15, 0.2) is 18.2 Å². The van der Waals surface area contributed by atoms with Gasteiger partial charge in [-0.05, 0) is 42.5 Å². The summed E-state index contributed by atoms with van der Waals surface area (Å²) in [5.41, 5.74) is 3.38. The number of amides is 1. The smallest absolute Gasteiger partial charge is 0.407 e. The van der Waals surface area contributed by atoms with E-state index in [1.807, 2.05) is 12.1 Å². The van der Waals surface area contributed by atoms with Crippen molar-refractivity contribution in [2.24, 2.45) is 0 Å². The molecule has 1 aromatic carbocycles. The average molecular weight is 285 g/mol. The van der Waals surface area contributed by atoms with Gasteiger partial charge >= 0.3 is 6.09 Å². The van der Waals surface area contributed by atoms with Crippen molar-refractivity contribution in [2.75, 3.05) is 26.2 Å². The molecule has 0 spiro atoms. The number of carboxylic acid groups (broad SMARTS) is 1. The van der Waals surface area contributed by atoms with Crippen molar-refractivity contribution < 1.29 is 9.90 Å². The van der Waals surface area contributed by atoms with E-state index >= 15 is 0 Å². The van der Waals surface area contributed by atoms with Gasteiger partial charge in [-0.2, -0.15) is 5.26 Å². The van der Waals surface area contributed by atoms with Gasteiger partial charge in [0.2, 0.25) is 0 Å². The summed E-state index contributed by atoms with van der Waals surface area (Å²) in [6.07, 6.45) is 2.30. The Balaban J connectivity index is 1.65. The Hall–Kier alpha value is -2.06. The second-order valence-electron chi connectivity index (χ2n) is 5.80. The number of piperazine rings is 1. The van der Waals surface area contributed by atoms with E-state index in [9.17, 15) is 4.79 Å². The number of nitrogens with zero attached hydrogens (tertiary/aromatic N) is 3. The molecule has 5 heteroatoms. The molecular weight excluding hydrogens is 266 g/mol. The van der Waals surface area contributed by atoms with Crippen LogP contribution in [0.5, 0.6) is 0 Å². The molecule has 1 saturated heterocycles. The second-order valence-corrected chi connectivity index (χ2v) is 5.80. The van der Waals surface area contributed by atoms with Crippen LogP contribution in [0, 0.1) is 11.3 Å². The van der Waals surface area contributed by atoms with E-state index in [1.54, 1.807) is 0 Å². The molecule has 3 rings (SSSR count). The van der Waals surface area contributed by atoms with Crippen molar-refractivity contribution in [2.45, 2.75) is 25.3 Å². The lowest BCUT2D eigenvalue weighted by Crippen LogP contribution is -2.52. The van der Waals surface area contributed by atoms with Crippen LogP contribution < -0.4 is 0 Å². The molecular formula is C16H19N3O2. The van der Waals surface area contributed by atoms with Gasteiger partial charge in [0.15, 0.2) is 0 Å². The van der Waals surface area contributed by atoms with E-state index in [0.29, 0.717) is 19.1 Å². The van der Waals surface area contributed by atoms with Gasteiger partial charge < -0.3 is 10.0 Å². The molecule has 1 atom stereocenters. The lowest BCUT2D eigenvalue weighted by molar-refractivity contribution is 0.0807. The Morgan fingerprint density at radius 3 is 2.67 bits per heavy atom. The van der Waals surface area contributed by atoms with Crippen molar-refractivity contribution in [3.05, 3.63) is 34.9 Å². The highest BCUT2D eigenvalue weighted by molar-refractivity contribution is 5.65.